The number of carbonyl (C=O) groups excluding carboxylic acids is 1. The Labute approximate surface area is 174 Å². The van der Waals surface area contributed by atoms with Crippen molar-refractivity contribution in [1.82, 2.24) is 4.98 Å². The highest BCUT2D eigenvalue weighted by Crippen LogP contribution is 2.46. The molecule has 0 N–H and O–H groups in total. The van der Waals surface area contributed by atoms with Gasteiger partial charge in [-0.15, -0.1) is 0 Å². The zero-order chi connectivity index (χ0) is 21.8. The predicted molar refractivity (Wildman–Crippen MR) is 108 cm³/mol. The number of nitrogens with zero attached hydrogens (tertiary/aromatic N) is 3. The molecule has 8 heteroatoms. The van der Waals surface area contributed by atoms with Crippen molar-refractivity contribution in [3.63, 3.8) is 0 Å². The molecule has 0 saturated carbocycles. The molecule has 1 aromatic rings. The third-order valence-electron chi connectivity index (χ3n) is 4.62. The molecule has 0 aromatic carbocycles. The summed E-state index contributed by atoms with van der Waals surface area (Å²) in [5.74, 6) is -0.756. The Kier molecular flexibility index (Phi) is 6.73. The fraction of sp³-hybridized carbons (Fsp3) is 0.333. The fourth-order valence-electron chi connectivity index (χ4n) is 3.30. The maximum atomic E-state index is 14.0. The molecule has 0 spiro atoms. The first-order valence-corrected chi connectivity index (χ1v) is 9.01. The number of hydrogen-bond acceptors (Lipinski definition) is 6. The second kappa shape index (κ2) is 8.68. The number of carbonyl (C=O) groups is 1. The van der Waals surface area contributed by atoms with E-state index in [1.165, 1.54) is 38.6 Å². The maximum Gasteiger partial charge on any atom is 0.214 e. The molecule has 0 radical (unpaired) electrons. The van der Waals surface area contributed by atoms with E-state index in [-0.39, 0.29) is 40.0 Å². The molecule has 1 aromatic heterocycles. The van der Waals surface area contributed by atoms with Gasteiger partial charge in [-0.2, -0.15) is 5.26 Å². The minimum absolute atomic E-state index is 0.0499. The first-order valence-electron chi connectivity index (χ1n) is 8.63. The van der Waals surface area contributed by atoms with Gasteiger partial charge in [-0.3, -0.25) is 9.78 Å². The van der Waals surface area contributed by atoms with Crippen molar-refractivity contribution in [2.24, 2.45) is 10.4 Å². The topological polar surface area (TPSA) is 84.6 Å². The molecule has 1 aliphatic carbocycles. The predicted octanol–water partition coefficient (Wildman–Crippen LogP) is 4.28. The first kappa shape index (κ1) is 22.5. The Bertz CT molecular complexity index is 976. The quantitative estimate of drug-likeness (QED) is 0.527. The van der Waals surface area contributed by atoms with E-state index in [1.54, 1.807) is 13.8 Å². The minimum atomic E-state index is -1.26. The smallest absolute Gasteiger partial charge is 0.214 e. The van der Waals surface area contributed by atoms with Gasteiger partial charge < -0.3 is 9.47 Å². The number of pyridine rings is 1. The molecule has 1 heterocycles. The van der Waals surface area contributed by atoms with Crippen molar-refractivity contribution in [3.8, 4) is 6.07 Å². The third-order valence-corrected chi connectivity index (χ3v) is 4.93. The van der Waals surface area contributed by atoms with Gasteiger partial charge in [0.05, 0.1) is 29.6 Å². The second-order valence-corrected chi connectivity index (χ2v) is 7.46. The summed E-state index contributed by atoms with van der Waals surface area (Å²) in [6.07, 6.45) is 5.30. The number of aliphatic imine (C=N–C) groups is 1. The second-order valence-electron chi connectivity index (χ2n) is 7.05. The highest BCUT2D eigenvalue weighted by molar-refractivity contribution is 6.50. The standard InChI is InChI=1S/C21H21ClFN3O3/c1-6-25-17(28-4)8-16(22)15-7-14(23)11-26-18(15)21(29-5)9-13(10-24)19(27)20(2,3)12-21/h6-9,11H,1,12H2,2-5H3/b16-8-,25-17+. The van der Waals surface area contributed by atoms with Crippen molar-refractivity contribution >= 4 is 28.3 Å². The van der Waals surface area contributed by atoms with E-state index in [9.17, 15) is 14.4 Å². The normalized spacial score (nSPS) is 22.0. The summed E-state index contributed by atoms with van der Waals surface area (Å²) < 4.78 is 24.9. The van der Waals surface area contributed by atoms with E-state index in [0.29, 0.717) is 0 Å². The van der Waals surface area contributed by atoms with Crippen LogP contribution in [0.4, 0.5) is 4.39 Å². The monoisotopic (exact) mass is 417 g/mol. The number of Topliss-reactive ketones (excluding diaryl/α,β-unsaturated/α-hetero) is 1. The third kappa shape index (κ3) is 4.44. The van der Waals surface area contributed by atoms with Crippen LogP contribution in [0.25, 0.3) is 5.03 Å². The lowest BCUT2D eigenvalue weighted by Crippen LogP contribution is -2.43. The minimum Gasteiger partial charge on any atom is -0.481 e. The average molecular weight is 418 g/mol. The first-order chi connectivity index (χ1) is 13.6. The highest BCUT2D eigenvalue weighted by Gasteiger charge is 2.48. The van der Waals surface area contributed by atoms with Crippen LogP contribution in [0.1, 0.15) is 31.5 Å². The van der Waals surface area contributed by atoms with Gasteiger partial charge in [0.1, 0.15) is 17.5 Å². The Hall–Kier alpha value is -2.82. The van der Waals surface area contributed by atoms with Gasteiger partial charge in [0, 0.05) is 30.4 Å². The SMILES string of the molecule is C=C/N=C(\C=C(/Cl)c1cc(F)cnc1C1(OC)C=C(C#N)C(=O)C(C)(C)C1)OC. The van der Waals surface area contributed by atoms with Crippen LogP contribution in [0.15, 0.2) is 47.8 Å². The Morgan fingerprint density at radius 2 is 2.17 bits per heavy atom. The van der Waals surface area contributed by atoms with E-state index in [2.05, 4.69) is 16.6 Å². The van der Waals surface area contributed by atoms with Crippen LogP contribution in [-0.2, 0) is 19.9 Å². The van der Waals surface area contributed by atoms with Crippen LogP contribution in [-0.4, -0.2) is 30.9 Å². The number of ketones is 1. The number of halogens is 2. The van der Waals surface area contributed by atoms with E-state index < -0.39 is 16.8 Å². The molecule has 0 saturated heterocycles. The van der Waals surface area contributed by atoms with E-state index in [0.717, 1.165) is 6.20 Å². The van der Waals surface area contributed by atoms with Gasteiger partial charge in [-0.25, -0.2) is 9.38 Å². The van der Waals surface area contributed by atoms with Gasteiger partial charge in [-0.1, -0.05) is 32.0 Å². The van der Waals surface area contributed by atoms with Gasteiger partial charge in [0.15, 0.2) is 5.78 Å². The number of allylic oxidation sites excluding steroid dienone is 1. The van der Waals surface area contributed by atoms with Gasteiger partial charge in [0.25, 0.3) is 0 Å². The van der Waals surface area contributed by atoms with Crippen molar-refractivity contribution < 1.29 is 18.7 Å². The molecule has 152 valence electrons. The molecular formula is C21H21ClFN3O3. The van der Waals surface area contributed by atoms with Crippen molar-refractivity contribution in [2.45, 2.75) is 25.9 Å². The van der Waals surface area contributed by atoms with Crippen LogP contribution in [0.2, 0.25) is 0 Å². The molecule has 6 nitrogen and oxygen atoms in total. The van der Waals surface area contributed by atoms with E-state index in [1.807, 2.05) is 6.07 Å². The van der Waals surface area contributed by atoms with Gasteiger partial charge in [0.2, 0.25) is 5.90 Å². The Balaban J connectivity index is 2.77. The molecule has 1 unspecified atom stereocenters. The van der Waals surface area contributed by atoms with Gasteiger partial charge in [-0.05, 0) is 18.6 Å². The zero-order valence-electron chi connectivity index (χ0n) is 16.6. The molecule has 1 atom stereocenters. The molecule has 29 heavy (non-hydrogen) atoms. The number of aromatic nitrogens is 1. The summed E-state index contributed by atoms with van der Waals surface area (Å²) >= 11 is 6.45. The highest BCUT2D eigenvalue weighted by atomic mass is 35.5. The molecule has 0 fully saturated rings. The lowest BCUT2D eigenvalue weighted by molar-refractivity contribution is -0.128. The largest absolute Gasteiger partial charge is 0.481 e. The Morgan fingerprint density at radius 3 is 2.72 bits per heavy atom. The summed E-state index contributed by atoms with van der Waals surface area (Å²) in [5, 5.41) is 9.54. The summed E-state index contributed by atoms with van der Waals surface area (Å²) in [5.41, 5.74) is -1.72. The number of hydrogen-bond donors (Lipinski definition) is 0. The lowest BCUT2D eigenvalue weighted by Gasteiger charge is -2.40. The lowest BCUT2D eigenvalue weighted by atomic mass is 9.68. The van der Waals surface area contributed by atoms with E-state index in [4.69, 9.17) is 21.1 Å². The average Bonchev–Trinajstić information content (AvgIpc) is 2.69. The van der Waals surface area contributed by atoms with Crippen LogP contribution < -0.4 is 0 Å². The molecule has 0 aliphatic heterocycles. The van der Waals surface area contributed by atoms with Crippen LogP contribution in [0, 0.1) is 22.6 Å². The van der Waals surface area contributed by atoms with Crippen LogP contribution >= 0.6 is 11.6 Å². The van der Waals surface area contributed by atoms with Crippen LogP contribution in [0.3, 0.4) is 0 Å². The summed E-state index contributed by atoms with van der Waals surface area (Å²) in [6, 6.07) is 3.12. The van der Waals surface area contributed by atoms with Crippen molar-refractivity contribution in [1.29, 1.82) is 5.26 Å². The maximum absolute atomic E-state index is 14.0. The molecule has 1 aliphatic rings. The molecule has 2 rings (SSSR count). The fourth-order valence-corrected chi connectivity index (χ4v) is 3.53. The summed E-state index contributed by atoms with van der Waals surface area (Å²) in [4.78, 5) is 20.7. The van der Waals surface area contributed by atoms with Crippen molar-refractivity contribution in [3.05, 3.63) is 59.8 Å². The number of rotatable bonds is 5. The molecule has 0 bridgehead atoms. The number of ether oxygens (including phenoxy) is 2. The van der Waals surface area contributed by atoms with Crippen LogP contribution in [0.5, 0.6) is 0 Å². The number of nitriles is 1. The van der Waals surface area contributed by atoms with Gasteiger partial charge >= 0.3 is 0 Å². The summed E-state index contributed by atoms with van der Waals surface area (Å²) in [7, 11) is 2.84. The van der Waals surface area contributed by atoms with Crippen molar-refractivity contribution in [2.75, 3.05) is 14.2 Å². The molecular weight excluding hydrogens is 397 g/mol. The summed E-state index contributed by atoms with van der Waals surface area (Å²) in [6.45, 7) is 6.93. The van der Waals surface area contributed by atoms with E-state index >= 15 is 0 Å². The Morgan fingerprint density at radius 1 is 1.48 bits per heavy atom. The molecule has 0 amide bonds. The zero-order valence-corrected chi connectivity index (χ0v) is 17.4. The number of methoxy groups -OCH3 is 2.